The summed E-state index contributed by atoms with van der Waals surface area (Å²) in [5.74, 6) is 0. The van der Waals surface area contributed by atoms with E-state index in [1.807, 2.05) is 0 Å². The van der Waals surface area contributed by atoms with Crippen LogP contribution in [0.15, 0.2) is 0 Å². The van der Waals surface area contributed by atoms with Crippen molar-refractivity contribution in [3.63, 3.8) is 0 Å². The van der Waals surface area contributed by atoms with E-state index in [-0.39, 0.29) is 10.2 Å². The summed E-state index contributed by atoms with van der Waals surface area (Å²) < 4.78 is 5.82. The van der Waals surface area contributed by atoms with Crippen molar-refractivity contribution in [1.82, 2.24) is 0 Å². The van der Waals surface area contributed by atoms with Crippen molar-refractivity contribution in [2.45, 2.75) is 39.2 Å². The van der Waals surface area contributed by atoms with Gasteiger partial charge in [0.15, 0.2) is 6.54 Å². The Kier molecular flexibility index (Phi) is 6.74. The fourth-order valence-electron chi connectivity index (χ4n) is 1.15. The average Bonchev–Trinajstić information content (AvgIpc) is 1.98. The van der Waals surface area contributed by atoms with Crippen LogP contribution in [-0.4, -0.2) is 23.4 Å². The van der Waals surface area contributed by atoms with Crippen LogP contribution in [0.25, 0.3) is 0 Å². The number of halogens is 2. The Morgan fingerprint density at radius 1 is 1.38 bits per heavy atom. The van der Waals surface area contributed by atoms with Crippen molar-refractivity contribution < 1.29 is 9.73 Å². The van der Waals surface area contributed by atoms with E-state index in [1.54, 1.807) is 0 Å². The van der Waals surface area contributed by atoms with Gasteiger partial charge in [-0.25, -0.2) is 4.99 Å². The third kappa shape index (κ3) is 8.54. The molecule has 0 aromatic rings. The van der Waals surface area contributed by atoms with Gasteiger partial charge >= 0.3 is 4.63 Å². The lowest BCUT2D eigenvalue weighted by Gasteiger charge is -2.23. The van der Waals surface area contributed by atoms with Gasteiger partial charge in [0.2, 0.25) is 0 Å². The first kappa shape index (κ1) is 13.2. The van der Waals surface area contributed by atoms with Gasteiger partial charge in [-0.15, -0.1) is 0 Å². The van der Waals surface area contributed by atoms with Gasteiger partial charge in [0.1, 0.15) is 6.61 Å². The maximum Gasteiger partial charge on any atom is 0.339 e. The lowest BCUT2D eigenvalue weighted by molar-refractivity contribution is -0.458. The summed E-state index contributed by atoms with van der Waals surface area (Å²) in [6.45, 7) is 7.59. The van der Waals surface area contributed by atoms with Crippen LogP contribution in [-0.2, 0) is 4.74 Å². The fraction of sp³-hybridized carbons (Fsp3) is 0.889. The zero-order valence-electron chi connectivity index (χ0n) is 8.49. The van der Waals surface area contributed by atoms with E-state index >= 15 is 0 Å². The van der Waals surface area contributed by atoms with Crippen molar-refractivity contribution >= 4 is 27.8 Å². The number of ether oxygens (including phenoxy) is 1. The third-order valence-corrected chi connectivity index (χ3v) is 1.97. The fourth-order valence-corrected chi connectivity index (χ4v) is 1.34. The molecular weight excluding hydrogens is 209 g/mol. The van der Waals surface area contributed by atoms with E-state index in [2.05, 4.69) is 25.8 Å². The molecule has 13 heavy (non-hydrogen) atoms. The summed E-state index contributed by atoms with van der Waals surface area (Å²) in [7, 11) is 0. The van der Waals surface area contributed by atoms with E-state index in [1.165, 1.54) is 0 Å². The summed E-state index contributed by atoms with van der Waals surface area (Å²) in [6, 6.07) is 0. The van der Waals surface area contributed by atoms with Crippen LogP contribution in [0, 0.1) is 0 Å². The number of rotatable bonds is 6. The first-order valence-corrected chi connectivity index (χ1v) is 5.29. The molecule has 4 heteroatoms. The third-order valence-electron chi connectivity index (χ3n) is 1.71. The second-order valence-corrected chi connectivity index (χ2v) is 4.49. The Bertz CT molecular complexity index is 165. The number of hydrogen-bond acceptors (Lipinski definition) is 1. The van der Waals surface area contributed by atoms with Crippen LogP contribution in [0.5, 0.6) is 0 Å². The Morgan fingerprint density at radius 3 is 2.46 bits per heavy atom. The molecule has 1 N–H and O–H groups in total. The predicted octanol–water partition coefficient (Wildman–Crippen LogP) is 1.50. The molecular formula is C9H18Cl2NO+. The second kappa shape index (κ2) is 6.63. The van der Waals surface area contributed by atoms with Crippen molar-refractivity contribution in [1.29, 1.82) is 0 Å². The van der Waals surface area contributed by atoms with Crippen LogP contribution in [0.4, 0.5) is 0 Å². The van der Waals surface area contributed by atoms with Gasteiger partial charge < -0.3 is 4.74 Å². The molecule has 0 amide bonds. The maximum atomic E-state index is 5.63. The molecule has 0 aromatic carbocycles. The zero-order valence-corrected chi connectivity index (χ0v) is 10.0. The second-order valence-electron chi connectivity index (χ2n) is 3.55. The normalized spacial score (nSPS) is 11.5. The predicted molar refractivity (Wildman–Crippen MR) is 57.5 cm³/mol. The quantitative estimate of drug-likeness (QED) is 0.539. The Labute approximate surface area is 90.3 Å². The average molecular weight is 227 g/mol. The van der Waals surface area contributed by atoms with Crippen molar-refractivity contribution in [2.75, 3.05) is 13.2 Å². The summed E-state index contributed by atoms with van der Waals surface area (Å²) in [5, 5.41) is 0. The van der Waals surface area contributed by atoms with Gasteiger partial charge in [-0.1, -0.05) is 13.3 Å². The van der Waals surface area contributed by atoms with E-state index in [9.17, 15) is 0 Å². The molecule has 0 aliphatic heterocycles. The molecule has 0 fully saturated rings. The minimum absolute atomic E-state index is 0.0464. The van der Waals surface area contributed by atoms with Gasteiger partial charge in [-0.05, 0) is 20.3 Å². The molecule has 0 unspecified atom stereocenters. The molecule has 0 saturated heterocycles. The van der Waals surface area contributed by atoms with Crippen molar-refractivity contribution in [3.8, 4) is 0 Å². The smallest absolute Gasteiger partial charge is 0.339 e. The van der Waals surface area contributed by atoms with Gasteiger partial charge in [-0.2, -0.15) is 0 Å². The van der Waals surface area contributed by atoms with Crippen molar-refractivity contribution in [2.24, 2.45) is 0 Å². The largest absolute Gasteiger partial charge is 0.369 e. The number of nitrogens with one attached hydrogen (secondary N) is 1. The molecule has 0 rings (SSSR count). The highest BCUT2D eigenvalue weighted by Crippen LogP contribution is 2.15. The Hall–Kier alpha value is 0.210. The van der Waals surface area contributed by atoms with Crippen molar-refractivity contribution in [3.05, 3.63) is 0 Å². The van der Waals surface area contributed by atoms with E-state index in [4.69, 9.17) is 27.9 Å². The lowest BCUT2D eigenvalue weighted by Crippen LogP contribution is -2.72. The molecule has 78 valence electrons. The lowest BCUT2D eigenvalue weighted by atomic mass is 10.0. The summed E-state index contributed by atoms with van der Waals surface area (Å²) in [4.78, 5) is 2.78. The van der Waals surface area contributed by atoms with Gasteiger partial charge in [0.05, 0.1) is 5.60 Å². The monoisotopic (exact) mass is 226 g/mol. The van der Waals surface area contributed by atoms with Crippen LogP contribution in [0.1, 0.15) is 33.6 Å². The molecule has 0 bridgehead atoms. The number of hydrogen-bond donors (Lipinski definition) is 1. The first-order valence-electron chi connectivity index (χ1n) is 4.53. The zero-order chi connectivity index (χ0) is 10.3. The summed E-state index contributed by atoms with van der Waals surface area (Å²) >= 11 is 10.8. The van der Waals surface area contributed by atoms with E-state index in [0.717, 1.165) is 12.8 Å². The minimum Gasteiger partial charge on any atom is -0.369 e. The molecule has 0 radical (unpaired) electrons. The molecule has 0 saturated carbocycles. The first-order chi connectivity index (χ1) is 5.98. The van der Waals surface area contributed by atoms with Gasteiger partial charge in [0, 0.05) is 23.2 Å². The molecule has 0 aromatic heterocycles. The van der Waals surface area contributed by atoms with Crippen LogP contribution in [0.3, 0.4) is 0 Å². The van der Waals surface area contributed by atoms with Gasteiger partial charge in [0.25, 0.3) is 0 Å². The van der Waals surface area contributed by atoms with Gasteiger partial charge in [-0.3, -0.25) is 0 Å². The highest BCUT2D eigenvalue weighted by atomic mass is 35.5. The highest BCUT2D eigenvalue weighted by molar-refractivity contribution is 6.93. The van der Waals surface area contributed by atoms with E-state index in [0.29, 0.717) is 13.2 Å². The topological polar surface area (TPSA) is 23.2 Å². The summed E-state index contributed by atoms with van der Waals surface area (Å²) in [6.07, 6.45) is 2.19. The molecule has 0 spiro atoms. The maximum absolute atomic E-state index is 5.63. The SMILES string of the molecule is CCCC(C)(C)OCC[NH+]=C(Cl)Cl. The molecule has 0 atom stereocenters. The molecule has 2 nitrogen and oxygen atoms in total. The molecule has 0 aliphatic carbocycles. The van der Waals surface area contributed by atoms with Crippen LogP contribution >= 0.6 is 23.2 Å². The highest BCUT2D eigenvalue weighted by Gasteiger charge is 2.16. The Morgan fingerprint density at radius 2 is 2.00 bits per heavy atom. The van der Waals surface area contributed by atoms with Crippen LogP contribution in [0.2, 0.25) is 0 Å². The van der Waals surface area contributed by atoms with Crippen LogP contribution < -0.4 is 4.99 Å². The van der Waals surface area contributed by atoms with E-state index < -0.39 is 0 Å². The molecule has 0 heterocycles. The minimum atomic E-state index is -0.0464. The summed E-state index contributed by atoms with van der Waals surface area (Å²) in [5.41, 5.74) is -0.0464. The Balaban J connectivity index is 3.57. The standard InChI is InChI=1S/C9H17Cl2NO/c1-4-5-9(2,3)13-7-6-12-8(10)11/h4-7H2,1-3H3/p+1. The molecule has 0 aliphatic rings.